The Morgan fingerprint density at radius 3 is 2.64 bits per heavy atom. The number of hydrogen-bond donors (Lipinski definition) is 4. The standard InChI is InChI=1S/C43H45N7O5S/c1-25-23-45-38-37-29-16-17-30(47-31(29)18-20-34(37)56-40(38)42(54)46-25)28-13-8-10-26(22-28)24-44-35(51)15-7-5-3-4-6-11-27-12-9-14-32-39(27)49(2)43(55)50(32)33-19-21-36(52)48-41(33)53/h8-10,12-14,16-18,20,22,25,33,45H,3-7,11,15,19,21,23-24H2,1-2H3,(H,44,51)(H,46,54)(H,48,52,53)/t25-,33?/m1/s1. The molecule has 56 heavy (non-hydrogen) atoms. The lowest BCUT2D eigenvalue weighted by Gasteiger charge is -2.21. The topological polar surface area (TPSA) is 156 Å². The first-order chi connectivity index (χ1) is 27.2. The third kappa shape index (κ3) is 7.30. The number of imidazole rings is 1. The van der Waals surface area contributed by atoms with Crippen molar-refractivity contribution in [1.29, 1.82) is 0 Å². The molecule has 288 valence electrons. The number of aryl methyl sites for hydroxylation is 2. The van der Waals surface area contributed by atoms with Gasteiger partial charge in [0.15, 0.2) is 0 Å². The lowest BCUT2D eigenvalue weighted by atomic mass is 10.0. The number of carbonyl (C=O) groups is 4. The monoisotopic (exact) mass is 771 g/mol. The van der Waals surface area contributed by atoms with Gasteiger partial charge in [-0.2, -0.15) is 0 Å². The summed E-state index contributed by atoms with van der Waals surface area (Å²) in [6.07, 6.45) is 6.51. The Labute approximate surface area is 327 Å². The van der Waals surface area contributed by atoms with E-state index in [9.17, 15) is 24.0 Å². The lowest BCUT2D eigenvalue weighted by Crippen LogP contribution is -2.44. The van der Waals surface area contributed by atoms with Crippen molar-refractivity contribution in [3.63, 3.8) is 0 Å². The van der Waals surface area contributed by atoms with E-state index in [1.165, 1.54) is 15.9 Å². The van der Waals surface area contributed by atoms with Crippen LogP contribution in [0.25, 0.3) is 43.3 Å². The van der Waals surface area contributed by atoms with E-state index in [1.54, 1.807) is 11.6 Å². The van der Waals surface area contributed by atoms with Crippen LogP contribution in [0.2, 0.25) is 0 Å². The predicted molar refractivity (Wildman–Crippen MR) is 220 cm³/mol. The smallest absolute Gasteiger partial charge is 0.329 e. The van der Waals surface area contributed by atoms with Gasteiger partial charge < -0.3 is 16.0 Å². The number of rotatable bonds is 12. The molecule has 3 aromatic heterocycles. The molecule has 3 aromatic carbocycles. The molecule has 0 bridgehead atoms. The zero-order chi connectivity index (χ0) is 38.9. The molecular weight excluding hydrogens is 727 g/mol. The van der Waals surface area contributed by atoms with Crippen LogP contribution in [0.3, 0.4) is 0 Å². The van der Waals surface area contributed by atoms with E-state index in [0.717, 1.165) is 93.1 Å². The van der Waals surface area contributed by atoms with Gasteiger partial charge in [0, 0.05) is 60.1 Å². The Morgan fingerprint density at radius 2 is 1.79 bits per heavy atom. The zero-order valence-electron chi connectivity index (χ0n) is 31.6. The molecule has 0 aliphatic carbocycles. The molecule has 0 radical (unpaired) electrons. The first-order valence-corrected chi connectivity index (χ1v) is 20.3. The Bertz CT molecular complexity index is 2590. The minimum absolute atomic E-state index is 0.0305. The summed E-state index contributed by atoms with van der Waals surface area (Å²) in [6.45, 7) is 3.09. The zero-order valence-corrected chi connectivity index (χ0v) is 32.4. The Hall–Kier alpha value is -5.82. The van der Waals surface area contributed by atoms with E-state index in [2.05, 4.69) is 33.4 Å². The second-order valence-corrected chi connectivity index (χ2v) is 16.0. The van der Waals surface area contributed by atoms with Crippen LogP contribution in [0.4, 0.5) is 5.69 Å². The van der Waals surface area contributed by atoms with Crippen molar-refractivity contribution in [2.75, 3.05) is 11.9 Å². The number of carbonyl (C=O) groups excluding carboxylic acids is 4. The number of benzene rings is 3. The van der Waals surface area contributed by atoms with Crippen LogP contribution >= 0.6 is 11.3 Å². The molecule has 13 heteroatoms. The number of para-hydroxylation sites is 1. The summed E-state index contributed by atoms with van der Waals surface area (Å²) >= 11 is 1.50. The maximum Gasteiger partial charge on any atom is 0.329 e. The molecule has 8 rings (SSSR count). The van der Waals surface area contributed by atoms with Crippen LogP contribution in [-0.4, -0.2) is 50.3 Å². The first-order valence-electron chi connectivity index (χ1n) is 19.5. The van der Waals surface area contributed by atoms with Gasteiger partial charge in [0.1, 0.15) is 10.9 Å². The molecule has 0 spiro atoms. The SMILES string of the molecule is C[C@@H]1CNc2c(sc3ccc4nc(-c5cccc(CNC(=O)CCCCCCCc6cccc7c6n(C)c(=O)n7C6CCC(=O)NC6=O)c5)ccc4c23)C(=O)N1. The first kappa shape index (κ1) is 37.1. The quantitative estimate of drug-likeness (QED) is 0.0819. The van der Waals surface area contributed by atoms with E-state index < -0.39 is 11.9 Å². The number of aromatic nitrogens is 3. The summed E-state index contributed by atoms with van der Waals surface area (Å²) in [5.74, 6) is -0.750. The highest BCUT2D eigenvalue weighted by Crippen LogP contribution is 2.41. The van der Waals surface area contributed by atoms with Crippen molar-refractivity contribution < 1.29 is 19.2 Å². The van der Waals surface area contributed by atoms with Gasteiger partial charge in [-0.3, -0.25) is 33.6 Å². The maximum atomic E-state index is 13.2. The fourth-order valence-electron chi connectivity index (χ4n) is 8.10. The molecule has 2 atom stereocenters. The number of pyridine rings is 1. The third-order valence-electron chi connectivity index (χ3n) is 11.0. The number of nitrogens with one attached hydrogen (secondary N) is 4. The molecule has 1 saturated heterocycles. The van der Waals surface area contributed by atoms with Gasteiger partial charge in [-0.1, -0.05) is 49.6 Å². The van der Waals surface area contributed by atoms with Crippen molar-refractivity contribution >= 4 is 72.7 Å². The largest absolute Gasteiger partial charge is 0.381 e. The van der Waals surface area contributed by atoms with Gasteiger partial charge in [0.05, 0.1) is 27.9 Å². The molecule has 1 unspecified atom stereocenters. The molecule has 2 aliphatic heterocycles. The van der Waals surface area contributed by atoms with Gasteiger partial charge >= 0.3 is 5.69 Å². The van der Waals surface area contributed by atoms with Gasteiger partial charge in [0.2, 0.25) is 17.7 Å². The highest BCUT2D eigenvalue weighted by Gasteiger charge is 2.31. The molecule has 1 fully saturated rings. The molecule has 5 heterocycles. The molecule has 2 aliphatic rings. The predicted octanol–water partition coefficient (Wildman–Crippen LogP) is 6.49. The number of piperidine rings is 1. The lowest BCUT2D eigenvalue weighted by molar-refractivity contribution is -0.135. The van der Waals surface area contributed by atoms with Crippen LogP contribution in [0.15, 0.2) is 71.5 Å². The summed E-state index contributed by atoms with van der Waals surface area (Å²) in [5, 5.41) is 14.0. The second kappa shape index (κ2) is 15.7. The number of imide groups is 1. The van der Waals surface area contributed by atoms with E-state index in [1.807, 2.05) is 61.5 Å². The van der Waals surface area contributed by atoms with E-state index >= 15 is 0 Å². The van der Waals surface area contributed by atoms with Crippen molar-refractivity contribution in [3.05, 3.63) is 93.2 Å². The minimum atomic E-state index is -0.695. The Balaban J connectivity index is 0.813. The Morgan fingerprint density at radius 1 is 0.964 bits per heavy atom. The molecule has 6 aromatic rings. The van der Waals surface area contributed by atoms with Crippen LogP contribution < -0.4 is 27.0 Å². The van der Waals surface area contributed by atoms with Crippen LogP contribution in [0.1, 0.15) is 85.1 Å². The molecule has 0 saturated carbocycles. The fraction of sp³-hybridized carbons (Fsp3) is 0.349. The number of fused-ring (bicyclic) bond motifs is 6. The summed E-state index contributed by atoms with van der Waals surface area (Å²) in [5.41, 5.74) is 6.91. The van der Waals surface area contributed by atoms with Crippen molar-refractivity contribution in [2.45, 2.75) is 83.3 Å². The summed E-state index contributed by atoms with van der Waals surface area (Å²) in [6, 6.07) is 21.4. The highest BCUT2D eigenvalue weighted by atomic mass is 32.1. The van der Waals surface area contributed by atoms with E-state index in [-0.39, 0.29) is 35.9 Å². The fourth-order valence-corrected chi connectivity index (χ4v) is 9.20. The summed E-state index contributed by atoms with van der Waals surface area (Å²) in [4.78, 5) is 68.7. The molecular formula is C43H45N7O5S. The van der Waals surface area contributed by atoms with Crippen LogP contribution in [0, 0.1) is 0 Å². The average Bonchev–Trinajstić information content (AvgIpc) is 3.65. The highest BCUT2D eigenvalue weighted by molar-refractivity contribution is 7.21. The average molecular weight is 772 g/mol. The maximum absolute atomic E-state index is 13.2. The van der Waals surface area contributed by atoms with E-state index in [4.69, 9.17) is 4.98 Å². The van der Waals surface area contributed by atoms with Crippen molar-refractivity contribution in [2.24, 2.45) is 7.05 Å². The molecule has 4 amide bonds. The molecule has 12 nitrogen and oxygen atoms in total. The van der Waals surface area contributed by atoms with Gasteiger partial charge in [-0.25, -0.2) is 9.78 Å². The number of nitrogens with zero attached hydrogens (tertiary/aromatic N) is 3. The van der Waals surface area contributed by atoms with Gasteiger partial charge in [0.25, 0.3) is 5.91 Å². The second-order valence-electron chi connectivity index (χ2n) is 15.0. The minimum Gasteiger partial charge on any atom is -0.381 e. The molecule has 4 N–H and O–H groups in total. The summed E-state index contributed by atoms with van der Waals surface area (Å²) < 4.78 is 4.19. The van der Waals surface area contributed by atoms with Crippen LogP contribution in [0.5, 0.6) is 0 Å². The van der Waals surface area contributed by atoms with Crippen molar-refractivity contribution in [3.8, 4) is 11.3 Å². The van der Waals surface area contributed by atoms with Gasteiger partial charge in [-0.05, 0) is 80.1 Å². The number of anilines is 1. The normalized spacial score (nSPS) is 17.1. The van der Waals surface area contributed by atoms with Crippen LogP contribution in [-0.2, 0) is 34.4 Å². The van der Waals surface area contributed by atoms with Crippen molar-refractivity contribution in [1.82, 2.24) is 30.1 Å². The van der Waals surface area contributed by atoms with E-state index in [0.29, 0.717) is 36.3 Å². The Kier molecular flexibility index (Phi) is 10.4. The van der Waals surface area contributed by atoms with Gasteiger partial charge in [-0.15, -0.1) is 11.3 Å². The number of amides is 4. The number of thiophene rings is 1. The third-order valence-corrected chi connectivity index (χ3v) is 12.1. The summed E-state index contributed by atoms with van der Waals surface area (Å²) in [7, 11) is 1.73. The number of unbranched alkanes of at least 4 members (excludes halogenated alkanes) is 4. The number of hydrogen-bond acceptors (Lipinski definition) is 8.